The topological polar surface area (TPSA) is 45.6 Å². The molecule has 0 fully saturated rings. The van der Waals surface area contributed by atoms with E-state index in [9.17, 15) is 0 Å². The van der Waals surface area contributed by atoms with Crippen LogP contribution >= 0.6 is 29.2 Å². The van der Waals surface area contributed by atoms with Crippen molar-refractivity contribution in [2.75, 3.05) is 5.32 Å². The molecule has 0 aliphatic heterocycles. The molecule has 0 saturated heterocycles. The number of rotatable bonds is 3. The first-order valence-corrected chi connectivity index (χ1v) is 6.30. The molecule has 0 bridgehead atoms. The summed E-state index contributed by atoms with van der Waals surface area (Å²) in [5.74, 6) is 0.669. The number of nitrogens with one attached hydrogen (secondary N) is 2. The minimum Gasteiger partial charge on any atom is -0.324 e. The lowest BCUT2D eigenvalue weighted by Crippen LogP contribution is -2.02. The summed E-state index contributed by atoms with van der Waals surface area (Å²) in [7, 11) is 0. The van der Waals surface area contributed by atoms with E-state index < -0.39 is 0 Å². The van der Waals surface area contributed by atoms with Gasteiger partial charge in [0.05, 0.1) is 5.69 Å². The Morgan fingerprint density at radius 1 is 0.950 bits per heavy atom. The molecule has 1 heterocycles. The molecule has 0 radical (unpaired) electrons. The Hall–Kier alpha value is -1.92. The lowest BCUT2D eigenvalue weighted by Gasteiger charge is -2.08. The second-order valence-corrected chi connectivity index (χ2v) is 4.40. The standard InChI is InChI=1S/C14H12N4S.BrH/c19-14-16-13(15-11-7-3-1-4-8-11)18(17-14)12-9-5-2-6-10-12;/h1-10H,(H2,15,16,17,19);1H. The lowest BCUT2D eigenvalue weighted by atomic mass is 10.3. The summed E-state index contributed by atoms with van der Waals surface area (Å²) in [5, 5.41) is 6.28. The number of H-pyrrole nitrogens is 1. The van der Waals surface area contributed by atoms with Crippen LogP contribution in [0.2, 0.25) is 0 Å². The van der Waals surface area contributed by atoms with Crippen molar-refractivity contribution in [2.24, 2.45) is 0 Å². The van der Waals surface area contributed by atoms with Gasteiger partial charge in [0.1, 0.15) is 0 Å². The van der Waals surface area contributed by atoms with Crippen molar-refractivity contribution in [3.8, 4) is 5.69 Å². The number of hydrogen-bond donors (Lipinski definition) is 2. The highest BCUT2D eigenvalue weighted by Gasteiger charge is 2.06. The molecule has 3 aromatic rings. The highest BCUT2D eigenvalue weighted by atomic mass is 79.9. The Balaban J connectivity index is 0.00000147. The second-order valence-electron chi connectivity index (χ2n) is 4.01. The van der Waals surface area contributed by atoms with Crippen LogP contribution in [-0.2, 0) is 0 Å². The average molecular weight is 349 g/mol. The van der Waals surface area contributed by atoms with E-state index in [2.05, 4.69) is 15.4 Å². The SMILES string of the molecule is Br.S=c1nc(Nc2ccccc2)n(-c2ccccc2)[nH]1. The largest absolute Gasteiger partial charge is 0.324 e. The minimum absolute atomic E-state index is 0. The van der Waals surface area contributed by atoms with Crippen LogP contribution in [0.15, 0.2) is 60.7 Å². The third-order valence-corrected chi connectivity index (χ3v) is 2.85. The number of para-hydroxylation sites is 2. The Morgan fingerprint density at radius 2 is 1.55 bits per heavy atom. The maximum Gasteiger partial charge on any atom is 0.229 e. The summed E-state index contributed by atoms with van der Waals surface area (Å²) in [6, 6.07) is 19.8. The first-order chi connectivity index (χ1) is 9.33. The van der Waals surface area contributed by atoms with E-state index in [-0.39, 0.29) is 17.0 Å². The van der Waals surface area contributed by atoms with E-state index in [4.69, 9.17) is 12.2 Å². The fourth-order valence-corrected chi connectivity index (χ4v) is 2.00. The number of nitrogens with zero attached hydrogens (tertiary/aromatic N) is 2. The molecule has 0 amide bonds. The van der Waals surface area contributed by atoms with Gasteiger partial charge >= 0.3 is 0 Å². The fraction of sp³-hybridized carbons (Fsp3) is 0. The van der Waals surface area contributed by atoms with E-state index in [1.54, 1.807) is 0 Å². The molecule has 20 heavy (non-hydrogen) atoms. The Kier molecular flexibility index (Phi) is 4.70. The third-order valence-electron chi connectivity index (χ3n) is 2.67. The zero-order chi connectivity index (χ0) is 13.1. The zero-order valence-electron chi connectivity index (χ0n) is 10.5. The van der Waals surface area contributed by atoms with Gasteiger partial charge in [0.2, 0.25) is 10.7 Å². The monoisotopic (exact) mass is 348 g/mol. The Bertz CT molecular complexity index is 722. The van der Waals surface area contributed by atoms with Crippen molar-refractivity contribution >= 4 is 40.8 Å². The summed E-state index contributed by atoms with van der Waals surface area (Å²) in [5.41, 5.74) is 1.94. The number of hydrogen-bond acceptors (Lipinski definition) is 3. The van der Waals surface area contributed by atoms with Gasteiger partial charge < -0.3 is 5.32 Å². The number of halogens is 1. The molecule has 0 aliphatic rings. The van der Waals surface area contributed by atoms with Crippen LogP contribution in [-0.4, -0.2) is 14.8 Å². The van der Waals surface area contributed by atoms with Gasteiger partial charge in [-0.25, -0.2) is 4.68 Å². The molecule has 6 heteroatoms. The van der Waals surface area contributed by atoms with Crippen LogP contribution in [0.5, 0.6) is 0 Å². The van der Waals surface area contributed by atoms with Gasteiger partial charge in [0.15, 0.2) is 0 Å². The summed E-state index contributed by atoms with van der Waals surface area (Å²) in [6.07, 6.45) is 0. The summed E-state index contributed by atoms with van der Waals surface area (Å²) in [4.78, 5) is 4.29. The molecule has 0 unspecified atom stereocenters. The predicted octanol–water partition coefficient (Wildman–Crippen LogP) is 4.25. The molecule has 0 atom stereocenters. The fourth-order valence-electron chi connectivity index (χ4n) is 1.82. The van der Waals surface area contributed by atoms with Gasteiger partial charge in [-0.1, -0.05) is 36.4 Å². The van der Waals surface area contributed by atoms with Crippen LogP contribution in [0, 0.1) is 4.77 Å². The molecule has 2 N–H and O–H groups in total. The number of aromatic nitrogens is 3. The zero-order valence-corrected chi connectivity index (χ0v) is 13.0. The van der Waals surface area contributed by atoms with Gasteiger partial charge in [-0.3, -0.25) is 5.10 Å². The minimum atomic E-state index is 0. The number of benzene rings is 2. The van der Waals surface area contributed by atoms with Crippen LogP contribution in [0.4, 0.5) is 11.6 Å². The van der Waals surface area contributed by atoms with E-state index in [1.807, 2.05) is 65.3 Å². The Morgan fingerprint density at radius 3 is 2.20 bits per heavy atom. The van der Waals surface area contributed by atoms with Crippen molar-refractivity contribution in [1.82, 2.24) is 14.8 Å². The van der Waals surface area contributed by atoms with E-state index in [0.29, 0.717) is 10.7 Å². The van der Waals surface area contributed by atoms with Crippen molar-refractivity contribution in [1.29, 1.82) is 0 Å². The quantitative estimate of drug-likeness (QED) is 0.695. The normalized spacial score (nSPS) is 9.80. The van der Waals surface area contributed by atoms with Crippen LogP contribution in [0.1, 0.15) is 0 Å². The van der Waals surface area contributed by atoms with Crippen LogP contribution in [0.3, 0.4) is 0 Å². The number of aromatic amines is 1. The third kappa shape index (κ3) is 3.15. The van der Waals surface area contributed by atoms with Gasteiger partial charge in [-0.2, -0.15) is 4.98 Å². The lowest BCUT2D eigenvalue weighted by molar-refractivity contribution is 0.882. The van der Waals surface area contributed by atoms with E-state index >= 15 is 0 Å². The smallest absolute Gasteiger partial charge is 0.229 e. The van der Waals surface area contributed by atoms with Gasteiger partial charge in [-0.15, -0.1) is 17.0 Å². The van der Waals surface area contributed by atoms with Gasteiger partial charge in [0, 0.05) is 5.69 Å². The first kappa shape index (κ1) is 14.5. The van der Waals surface area contributed by atoms with Crippen LogP contribution in [0.25, 0.3) is 5.69 Å². The number of anilines is 2. The van der Waals surface area contributed by atoms with Crippen molar-refractivity contribution < 1.29 is 0 Å². The molecule has 3 rings (SSSR count). The van der Waals surface area contributed by atoms with Crippen molar-refractivity contribution in [2.45, 2.75) is 0 Å². The summed E-state index contributed by atoms with van der Waals surface area (Å²) >= 11 is 5.11. The Labute approximate surface area is 132 Å². The molecular formula is C14H13BrN4S. The van der Waals surface area contributed by atoms with E-state index in [0.717, 1.165) is 11.4 Å². The molecule has 1 aromatic heterocycles. The van der Waals surface area contributed by atoms with Crippen LogP contribution < -0.4 is 5.32 Å². The van der Waals surface area contributed by atoms with Crippen molar-refractivity contribution in [3.05, 3.63) is 65.4 Å². The van der Waals surface area contributed by atoms with Crippen molar-refractivity contribution in [3.63, 3.8) is 0 Å². The molecular weight excluding hydrogens is 336 g/mol. The highest BCUT2D eigenvalue weighted by molar-refractivity contribution is 8.93. The van der Waals surface area contributed by atoms with Gasteiger partial charge in [-0.05, 0) is 36.5 Å². The average Bonchev–Trinajstić information content (AvgIpc) is 2.82. The summed E-state index contributed by atoms with van der Waals surface area (Å²) < 4.78 is 2.28. The highest BCUT2D eigenvalue weighted by Crippen LogP contribution is 2.17. The maximum absolute atomic E-state index is 5.11. The molecule has 0 spiro atoms. The second kappa shape index (κ2) is 6.49. The molecule has 2 aromatic carbocycles. The maximum atomic E-state index is 5.11. The summed E-state index contributed by atoms with van der Waals surface area (Å²) in [6.45, 7) is 0. The van der Waals surface area contributed by atoms with Gasteiger partial charge in [0.25, 0.3) is 0 Å². The molecule has 102 valence electrons. The molecule has 4 nitrogen and oxygen atoms in total. The predicted molar refractivity (Wildman–Crippen MR) is 88.8 cm³/mol. The first-order valence-electron chi connectivity index (χ1n) is 5.89. The molecule has 0 saturated carbocycles. The molecule has 0 aliphatic carbocycles. The van der Waals surface area contributed by atoms with E-state index in [1.165, 1.54) is 0 Å².